The van der Waals surface area contributed by atoms with Crippen molar-refractivity contribution in [1.82, 2.24) is 5.32 Å². The predicted octanol–water partition coefficient (Wildman–Crippen LogP) is 4.57. The molecule has 0 bridgehead atoms. The van der Waals surface area contributed by atoms with E-state index in [-0.39, 0.29) is 42.9 Å². The molecule has 0 saturated carbocycles. The molecule has 182 valence electrons. The lowest BCUT2D eigenvalue weighted by Crippen LogP contribution is -2.35. The third kappa shape index (κ3) is 7.90. The molecule has 1 aliphatic heterocycles. The smallest absolute Gasteiger partial charge is 0.226 e. The van der Waals surface area contributed by atoms with Crippen LogP contribution in [0.4, 0.5) is 11.4 Å². The molecule has 1 aliphatic rings. The van der Waals surface area contributed by atoms with Crippen LogP contribution in [0.2, 0.25) is 0 Å². The summed E-state index contributed by atoms with van der Waals surface area (Å²) in [5, 5.41) is 5.73. The lowest BCUT2D eigenvalue weighted by molar-refractivity contribution is -0.122. The van der Waals surface area contributed by atoms with E-state index in [2.05, 4.69) is 21.6 Å². The van der Waals surface area contributed by atoms with Crippen molar-refractivity contribution >= 4 is 29.0 Å². The van der Waals surface area contributed by atoms with Crippen LogP contribution in [0.25, 0.3) is 0 Å². The van der Waals surface area contributed by atoms with Crippen LogP contribution < -0.4 is 20.3 Å². The van der Waals surface area contributed by atoms with Crippen LogP contribution in [0.5, 0.6) is 5.75 Å². The Balaban J connectivity index is 1.39. The normalized spacial score (nSPS) is 13.9. The molecule has 1 saturated heterocycles. The van der Waals surface area contributed by atoms with E-state index < -0.39 is 0 Å². The quantitative estimate of drug-likeness (QED) is 0.448. The number of ketones is 1. The Hall–Kier alpha value is -3.35. The summed E-state index contributed by atoms with van der Waals surface area (Å²) in [5.41, 5.74) is 2.43. The molecule has 3 rings (SSSR count). The fourth-order valence-corrected chi connectivity index (χ4v) is 3.97. The number of hydrogen-bond donors (Lipinski definition) is 2. The van der Waals surface area contributed by atoms with Gasteiger partial charge < -0.3 is 20.3 Å². The molecular formula is C27H35N3O4. The minimum atomic E-state index is -0.334. The SMILES string of the molecule is CCCOc1ccc(C(=O)CCC(=O)NC(C)CC(=O)Nc2cccc(N3CCCC3)c2)cc1. The Morgan fingerprint density at radius 3 is 2.44 bits per heavy atom. The predicted molar refractivity (Wildman–Crippen MR) is 135 cm³/mol. The first-order valence-corrected chi connectivity index (χ1v) is 12.1. The van der Waals surface area contributed by atoms with E-state index >= 15 is 0 Å². The highest BCUT2D eigenvalue weighted by Crippen LogP contribution is 2.23. The van der Waals surface area contributed by atoms with Crippen LogP contribution in [-0.2, 0) is 9.59 Å². The standard InChI is InChI=1S/C27H35N3O4/c1-3-17-34-24-11-9-21(10-12-24)25(31)13-14-26(32)28-20(2)18-27(33)29-22-7-6-8-23(19-22)30-15-4-5-16-30/h6-12,19-20H,3-5,13-18H2,1-2H3,(H,28,32)(H,29,33). The number of hydrogen-bond acceptors (Lipinski definition) is 5. The van der Waals surface area contributed by atoms with Gasteiger partial charge in [0.15, 0.2) is 5.78 Å². The van der Waals surface area contributed by atoms with Crippen LogP contribution in [0.3, 0.4) is 0 Å². The number of nitrogens with zero attached hydrogens (tertiary/aromatic N) is 1. The van der Waals surface area contributed by atoms with Crippen molar-refractivity contribution in [3.63, 3.8) is 0 Å². The summed E-state index contributed by atoms with van der Waals surface area (Å²) in [6.07, 6.45) is 3.66. The van der Waals surface area contributed by atoms with Gasteiger partial charge in [0.05, 0.1) is 6.61 Å². The summed E-state index contributed by atoms with van der Waals surface area (Å²) >= 11 is 0. The Morgan fingerprint density at radius 1 is 1.00 bits per heavy atom. The Morgan fingerprint density at radius 2 is 1.74 bits per heavy atom. The van der Waals surface area contributed by atoms with Gasteiger partial charge >= 0.3 is 0 Å². The molecule has 34 heavy (non-hydrogen) atoms. The Labute approximate surface area is 201 Å². The first-order valence-electron chi connectivity index (χ1n) is 12.1. The highest BCUT2D eigenvalue weighted by molar-refractivity contribution is 5.98. The fraction of sp³-hybridized carbons (Fsp3) is 0.444. The van der Waals surface area contributed by atoms with Gasteiger partial charge in [-0.3, -0.25) is 14.4 Å². The number of rotatable bonds is 12. The molecule has 0 radical (unpaired) electrons. The molecule has 2 N–H and O–H groups in total. The maximum Gasteiger partial charge on any atom is 0.226 e. The second-order valence-electron chi connectivity index (χ2n) is 8.76. The van der Waals surface area contributed by atoms with Crippen molar-refractivity contribution in [1.29, 1.82) is 0 Å². The molecule has 2 aromatic rings. The van der Waals surface area contributed by atoms with E-state index in [9.17, 15) is 14.4 Å². The van der Waals surface area contributed by atoms with Gasteiger partial charge in [-0.2, -0.15) is 0 Å². The van der Waals surface area contributed by atoms with Gasteiger partial charge in [0.25, 0.3) is 0 Å². The van der Waals surface area contributed by atoms with Crippen LogP contribution >= 0.6 is 0 Å². The molecule has 0 aromatic heterocycles. The van der Waals surface area contributed by atoms with Gasteiger partial charge in [0.1, 0.15) is 5.75 Å². The average molecular weight is 466 g/mol. The summed E-state index contributed by atoms with van der Waals surface area (Å²) in [4.78, 5) is 39.4. The van der Waals surface area contributed by atoms with Crippen LogP contribution in [0.1, 0.15) is 62.7 Å². The van der Waals surface area contributed by atoms with E-state index in [4.69, 9.17) is 4.74 Å². The van der Waals surface area contributed by atoms with Crippen molar-refractivity contribution in [2.24, 2.45) is 0 Å². The molecule has 0 spiro atoms. The first kappa shape index (κ1) is 25.3. The number of carbonyl (C=O) groups excluding carboxylic acids is 3. The van der Waals surface area contributed by atoms with E-state index in [0.717, 1.165) is 36.6 Å². The highest BCUT2D eigenvalue weighted by atomic mass is 16.5. The third-order valence-corrected chi connectivity index (χ3v) is 5.73. The number of carbonyl (C=O) groups is 3. The average Bonchev–Trinajstić information content (AvgIpc) is 3.36. The third-order valence-electron chi connectivity index (χ3n) is 5.73. The first-order chi connectivity index (χ1) is 16.4. The molecule has 0 aliphatic carbocycles. The van der Waals surface area contributed by atoms with E-state index in [1.54, 1.807) is 31.2 Å². The number of ether oxygens (including phenoxy) is 1. The number of anilines is 2. The van der Waals surface area contributed by atoms with Crippen molar-refractivity contribution < 1.29 is 19.1 Å². The lowest BCUT2D eigenvalue weighted by atomic mass is 10.1. The summed E-state index contributed by atoms with van der Waals surface area (Å²) in [6.45, 7) is 6.54. The molecule has 1 atom stereocenters. The van der Waals surface area contributed by atoms with E-state index in [1.807, 2.05) is 25.1 Å². The number of amides is 2. The van der Waals surface area contributed by atoms with Crippen LogP contribution in [-0.4, -0.2) is 43.3 Å². The fourth-order valence-electron chi connectivity index (χ4n) is 3.97. The highest BCUT2D eigenvalue weighted by Gasteiger charge is 2.16. The second kappa shape index (κ2) is 12.8. The zero-order chi connectivity index (χ0) is 24.3. The molecule has 7 nitrogen and oxygen atoms in total. The van der Waals surface area contributed by atoms with Gasteiger partial charge in [-0.25, -0.2) is 0 Å². The summed E-state index contributed by atoms with van der Waals surface area (Å²) in [6, 6.07) is 14.5. The summed E-state index contributed by atoms with van der Waals surface area (Å²) in [7, 11) is 0. The monoisotopic (exact) mass is 465 g/mol. The number of Topliss-reactive ketones (excluding diaryl/α,β-unsaturated/α-hetero) is 1. The zero-order valence-corrected chi connectivity index (χ0v) is 20.1. The molecule has 2 aromatic carbocycles. The van der Waals surface area contributed by atoms with Crippen molar-refractivity contribution in [3.05, 3.63) is 54.1 Å². The zero-order valence-electron chi connectivity index (χ0n) is 20.1. The van der Waals surface area contributed by atoms with Gasteiger partial charge in [0.2, 0.25) is 11.8 Å². The van der Waals surface area contributed by atoms with Crippen molar-refractivity contribution in [3.8, 4) is 5.75 Å². The molecular weight excluding hydrogens is 430 g/mol. The maximum absolute atomic E-state index is 12.4. The van der Waals surface area contributed by atoms with E-state index in [0.29, 0.717) is 12.2 Å². The van der Waals surface area contributed by atoms with Crippen LogP contribution in [0.15, 0.2) is 48.5 Å². The summed E-state index contributed by atoms with van der Waals surface area (Å²) < 4.78 is 5.52. The maximum atomic E-state index is 12.4. The van der Waals surface area contributed by atoms with Gasteiger partial charge in [-0.1, -0.05) is 13.0 Å². The minimum absolute atomic E-state index is 0.0801. The minimum Gasteiger partial charge on any atom is -0.494 e. The topological polar surface area (TPSA) is 87.7 Å². The number of nitrogens with one attached hydrogen (secondary N) is 2. The van der Waals surface area contributed by atoms with Gasteiger partial charge in [-0.05, 0) is 68.7 Å². The molecule has 1 unspecified atom stereocenters. The van der Waals surface area contributed by atoms with Crippen molar-refractivity contribution in [2.45, 2.75) is 58.4 Å². The summed E-state index contributed by atoms with van der Waals surface area (Å²) in [5.74, 6) is 0.229. The Kier molecular flexibility index (Phi) is 9.50. The van der Waals surface area contributed by atoms with Crippen molar-refractivity contribution in [2.75, 3.05) is 29.9 Å². The van der Waals surface area contributed by atoms with Gasteiger partial charge in [-0.15, -0.1) is 0 Å². The van der Waals surface area contributed by atoms with Gasteiger partial charge in [0, 0.05) is 55.3 Å². The van der Waals surface area contributed by atoms with Crippen LogP contribution in [0, 0.1) is 0 Å². The molecule has 1 heterocycles. The molecule has 1 fully saturated rings. The second-order valence-corrected chi connectivity index (χ2v) is 8.76. The van der Waals surface area contributed by atoms with E-state index in [1.165, 1.54) is 12.8 Å². The molecule has 2 amide bonds. The number of benzene rings is 2. The Bertz CT molecular complexity index is 968. The molecule has 7 heteroatoms. The lowest BCUT2D eigenvalue weighted by Gasteiger charge is -2.19. The largest absolute Gasteiger partial charge is 0.494 e.